The summed E-state index contributed by atoms with van der Waals surface area (Å²) in [5.41, 5.74) is 2.22. The number of phenolic OH excluding ortho intramolecular Hbond substituents is 1. The summed E-state index contributed by atoms with van der Waals surface area (Å²) in [5.74, 6) is -0.546. The van der Waals surface area contributed by atoms with Crippen LogP contribution in [0.3, 0.4) is 0 Å². The third-order valence-corrected chi connectivity index (χ3v) is 6.54. The molecule has 1 aliphatic rings. The van der Waals surface area contributed by atoms with Crippen LogP contribution < -0.4 is 21.9 Å². The van der Waals surface area contributed by atoms with Gasteiger partial charge in [-0.15, -0.1) is 0 Å². The highest BCUT2D eigenvalue weighted by Gasteiger charge is 2.19. The minimum atomic E-state index is -0.768. The Kier molecular flexibility index (Phi) is 7.15. The van der Waals surface area contributed by atoms with Gasteiger partial charge in [0.1, 0.15) is 18.1 Å². The predicted molar refractivity (Wildman–Crippen MR) is 152 cm³/mol. The van der Waals surface area contributed by atoms with Gasteiger partial charge in [-0.1, -0.05) is 29.8 Å². The second-order valence-corrected chi connectivity index (χ2v) is 9.67. The minimum absolute atomic E-state index is 0.0285. The lowest BCUT2D eigenvalue weighted by atomic mass is 10.1. The maximum Gasteiger partial charge on any atom is 0.336 e. The average molecular weight is 538 g/mol. The van der Waals surface area contributed by atoms with E-state index in [2.05, 4.69) is 15.6 Å². The zero-order chi connectivity index (χ0) is 28.4. The molecule has 202 valence electrons. The van der Waals surface area contributed by atoms with Crippen LogP contribution in [0.15, 0.2) is 93.0 Å². The van der Waals surface area contributed by atoms with E-state index in [1.54, 1.807) is 6.08 Å². The summed E-state index contributed by atoms with van der Waals surface area (Å²) >= 11 is 0. The standard InChI is InChI=1S/C30H27N5O5/c1-18-3-5-20(6-4-18)16-32-28(38)21-7-12-24-25(14-21)34(17-27(37)33-26-13-19(2)15-31-26)30(40)35(29(24)39)22-8-10-23(36)11-9-22/h3-14,36H,15-17H2,1-2H3,(H,32,38)(H,31,33,37). The number of carbonyl (C=O) groups is 2. The molecular formula is C30H27N5O5. The van der Waals surface area contributed by atoms with Gasteiger partial charge in [-0.2, -0.15) is 0 Å². The summed E-state index contributed by atoms with van der Waals surface area (Å²) in [6.45, 7) is 4.22. The van der Waals surface area contributed by atoms with Gasteiger partial charge in [0.05, 0.1) is 23.1 Å². The Bertz CT molecular complexity index is 1810. The van der Waals surface area contributed by atoms with Crippen LogP contribution in [0.25, 0.3) is 16.6 Å². The van der Waals surface area contributed by atoms with Gasteiger partial charge >= 0.3 is 5.69 Å². The number of aromatic nitrogens is 2. The predicted octanol–water partition coefficient (Wildman–Crippen LogP) is 2.57. The Morgan fingerprint density at radius 2 is 1.70 bits per heavy atom. The van der Waals surface area contributed by atoms with E-state index in [9.17, 15) is 24.3 Å². The maximum atomic E-state index is 13.7. The molecule has 2 amide bonds. The zero-order valence-corrected chi connectivity index (χ0v) is 22.0. The van der Waals surface area contributed by atoms with Gasteiger partial charge in [0, 0.05) is 12.1 Å². The van der Waals surface area contributed by atoms with Crippen molar-refractivity contribution in [3.05, 3.63) is 116 Å². The first kappa shape index (κ1) is 26.4. The summed E-state index contributed by atoms with van der Waals surface area (Å²) in [6, 6.07) is 17.7. The molecule has 0 spiro atoms. The number of benzene rings is 3. The highest BCUT2D eigenvalue weighted by atomic mass is 16.3. The lowest BCUT2D eigenvalue weighted by molar-refractivity contribution is -0.120. The van der Waals surface area contributed by atoms with Crippen LogP contribution in [-0.2, 0) is 17.9 Å². The van der Waals surface area contributed by atoms with Gasteiger partial charge in [-0.25, -0.2) is 9.36 Å². The maximum absolute atomic E-state index is 13.7. The first-order chi connectivity index (χ1) is 19.2. The Morgan fingerprint density at radius 1 is 0.975 bits per heavy atom. The SMILES string of the molecule is CC1=CC(NC(=O)Cn2c(=O)n(-c3ccc(O)cc3)c(=O)c3ccc(C(=O)NCc4ccc(C)cc4)cc32)=NC1. The molecule has 2 heterocycles. The molecule has 0 atom stereocenters. The van der Waals surface area contributed by atoms with Crippen LogP contribution in [0.1, 0.15) is 28.4 Å². The first-order valence-corrected chi connectivity index (χ1v) is 12.6. The van der Waals surface area contributed by atoms with Crippen LogP contribution in [-0.4, -0.2) is 38.4 Å². The third kappa shape index (κ3) is 5.46. The summed E-state index contributed by atoms with van der Waals surface area (Å²) in [4.78, 5) is 57.3. The second-order valence-electron chi connectivity index (χ2n) is 9.67. The first-order valence-electron chi connectivity index (χ1n) is 12.6. The fourth-order valence-electron chi connectivity index (χ4n) is 4.42. The van der Waals surface area contributed by atoms with E-state index < -0.39 is 29.6 Å². The topological polar surface area (TPSA) is 135 Å². The summed E-state index contributed by atoms with van der Waals surface area (Å²) in [6.07, 6.45) is 1.74. The van der Waals surface area contributed by atoms with Crippen molar-refractivity contribution in [3.8, 4) is 11.4 Å². The molecule has 3 aromatic carbocycles. The number of nitrogens with one attached hydrogen (secondary N) is 2. The molecule has 0 fully saturated rings. The lowest BCUT2D eigenvalue weighted by Gasteiger charge is -2.15. The Labute approximate surface area is 228 Å². The quantitative estimate of drug-likeness (QED) is 0.348. The van der Waals surface area contributed by atoms with Gasteiger partial charge in [0.15, 0.2) is 0 Å². The molecule has 1 aliphatic heterocycles. The number of aromatic hydroxyl groups is 1. The molecule has 5 rings (SSSR count). The fraction of sp³-hybridized carbons (Fsp3) is 0.167. The van der Waals surface area contributed by atoms with E-state index in [4.69, 9.17) is 0 Å². The largest absolute Gasteiger partial charge is 0.508 e. The van der Waals surface area contributed by atoms with Crippen molar-refractivity contribution in [1.29, 1.82) is 0 Å². The molecule has 0 radical (unpaired) electrons. The number of carbonyl (C=O) groups excluding carboxylic acids is 2. The zero-order valence-electron chi connectivity index (χ0n) is 22.0. The molecule has 10 heteroatoms. The van der Waals surface area contributed by atoms with Gasteiger partial charge < -0.3 is 15.7 Å². The normalized spacial score (nSPS) is 12.7. The molecule has 3 N–H and O–H groups in total. The number of aryl methyl sites for hydroxylation is 1. The number of amides is 2. The molecular weight excluding hydrogens is 510 g/mol. The van der Waals surface area contributed by atoms with E-state index in [0.29, 0.717) is 18.9 Å². The van der Waals surface area contributed by atoms with Crippen molar-refractivity contribution in [2.24, 2.45) is 4.99 Å². The van der Waals surface area contributed by atoms with Gasteiger partial charge in [-0.05, 0) is 73.5 Å². The number of rotatable bonds is 6. The van der Waals surface area contributed by atoms with Crippen LogP contribution in [0.2, 0.25) is 0 Å². The van der Waals surface area contributed by atoms with Gasteiger partial charge in [0.2, 0.25) is 5.91 Å². The van der Waals surface area contributed by atoms with E-state index in [-0.39, 0.29) is 27.9 Å². The Balaban J connectivity index is 1.55. The van der Waals surface area contributed by atoms with Crippen LogP contribution >= 0.6 is 0 Å². The van der Waals surface area contributed by atoms with Crippen molar-refractivity contribution in [3.63, 3.8) is 0 Å². The van der Waals surface area contributed by atoms with Gasteiger partial charge in [0.25, 0.3) is 11.5 Å². The summed E-state index contributed by atoms with van der Waals surface area (Å²) in [5, 5.41) is 15.4. The summed E-state index contributed by atoms with van der Waals surface area (Å²) < 4.78 is 2.09. The number of hydrogen-bond donors (Lipinski definition) is 3. The highest BCUT2D eigenvalue weighted by molar-refractivity contribution is 6.06. The molecule has 4 aromatic rings. The number of phenols is 1. The van der Waals surface area contributed by atoms with E-state index in [1.165, 1.54) is 42.5 Å². The highest BCUT2D eigenvalue weighted by Crippen LogP contribution is 2.16. The number of nitrogens with zero attached hydrogens (tertiary/aromatic N) is 3. The fourth-order valence-corrected chi connectivity index (χ4v) is 4.42. The van der Waals surface area contributed by atoms with Crippen LogP contribution in [0, 0.1) is 6.92 Å². The molecule has 0 saturated heterocycles. The molecule has 0 saturated carbocycles. The third-order valence-electron chi connectivity index (χ3n) is 6.54. The Morgan fingerprint density at radius 3 is 2.38 bits per heavy atom. The smallest absolute Gasteiger partial charge is 0.336 e. The molecule has 0 bridgehead atoms. The molecule has 10 nitrogen and oxygen atoms in total. The molecule has 0 unspecified atom stereocenters. The van der Waals surface area contributed by atoms with Crippen molar-refractivity contribution in [2.75, 3.05) is 6.54 Å². The van der Waals surface area contributed by atoms with E-state index in [0.717, 1.165) is 25.8 Å². The molecule has 40 heavy (non-hydrogen) atoms. The number of hydrogen-bond acceptors (Lipinski definition) is 6. The van der Waals surface area contributed by atoms with Crippen LogP contribution in [0.4, 0.5) is 0 Å². The van der Waals surface area contributed by atoms with Crippen molar-refractivity contribution in [2.45, 2.75) is 26.9 Å². The van der Waals surface area contributed by atoms with Crippen LogP contribution in [0.5, 0.6) is 5.75 Å². The molecule has 0 aliphatic carbocycles. The number of amidine groups is 1. The van der Waals surface area contributed by atoms with Crippen molar-refractivity contribution < 1.29 is 14.7 Å². The molecule has 1 aromatic heterocycles. The number of fused-ring (bicyclic) bond motifs is 1. The number of aliphatic imine (C=N–C) groups is 1. The second kappa shape index (κ2) is 10.9. The monoisotopic (exact) mass is 537 g/mol. The van der Waals surface area contributed by atoms with Crippen molar-refractivity contribution >= 4 is 28.6 Å². The average Bonchev–Trinajstić information content (AvgIpc) is 3.35. The Hall–Kier alpha value is -5.25. The minimum Gasteiger partial charge on any atom is -0.508 e. The van der Waals surface area contributed by atoms with Crippen molar-refractivity contribution in [1.82, 2.24) is 19.8 Å². The van der Waals surface area contributed by atoms with E-state index in [1.807, 2.05) is 38.1 Å². The summed E-state index contributed by atoms with van der Waals surface area (Å²) in [7, 11) is 0. The van der Waals surface area contributed by atoms with Gasteiger partial charge in [-0.3, -0.25) is 23.9 Å². The lowest BCUT2D eigenvalue weighted by Crippen LogP contribution is -2.42. The van der Waals surface area contributed by atoms with E-state index >= 15 is 0 Å².